The number of amides is 2. The van der Waals surface area contributed by atoms with Gasteiger partial charge in [-0.1, -0.05) is 30.3 Å². The lowest BCUT2D eigenvalue weighted by atomic mass is 10.0. The van der Waals surface area contributed by atoms with Gasteiger partial charge in [0.25, 0.3) is 0 Å². The van der Waals surface area contributed by atoms with Crippen LogP contribution in [0.2, 0.25) is 0 Å². The van der Waals surface area contributed by atoms with Crippen LogP contribution in [0, 0.1) is 13.8 Å². The number of aromatic amines is 1. The highest BCUT2D eigenvalue weighted by molar-refractivity contribution is 5.74. The summed E-state index contributed by atoms with van der Waals surface area (Å²) in [7, 11) is 1.82. The van der Waals surface area contributed by atoms with Gasteiger partial charge in [0.2, 0.25) is 0 Å². The Balaban J connectivity index is 1.61. The Kier molecular flexibility index (Phi) is 6.41. The molecule has 3 rings (SSSR count). The Morgan fingerprint density at radius 2 is 2.07 bits per heavy atom. The number of hydrogen-bond acceptors (Lipinski definition) is 4. The van der Waals surface area contributed by atoms with Crippen LogP contribution in [0.25, 0.3) is 0 Å². The second-order valence-corrected chi connectivity index (χ2v) is 6.94. The first-order valence-electron chi connectivity index (χ1n) is 9.44. The largest absolute Gasteiger partial charge is 0.331 e. The van der Waals surface area contributed by atoms with Crippen molar-refractivity contribution in [2.75, 3.05) is 13.6 Å². The molecule has 148 valence electrons. The summed E-state index contributed by atoms with van der Waals surface area (Å²) in [6.07, 6.45) is 4.70. The Labute approximate surface area is 165 Å². The number of carbonyl (C=O) groups excluding carboxylic acids is 1. The molecule has 0 spiro atoms. The van der Waals surface area contributed by atoms with E-state index in [2.05, 4.69) is 25.6 Å². The van der Waals surface area contributed by atoms with Crippen molar-refractivity contribution in [1.29, 1.82) is 0 Å². The Morgan fingerprint density at radius 1 is 1.29 bits per heavy atom. The number of benzene rings is 1. The molecule has 1 atom stereocenters. The van der Waals surface area contributed by atoms with Crippen LogP contribution in [0.15, 0.2) is 43.0 Å². The monoisotopic (exact) mass is 381 g/mol. The highest BCUT2D eigenvalue weighted by Gasteiger charge is 2.18. The summed E-state index contributed by atoms with van der Waals surface area (Å²) in [6, 6.07) is 9.82. The standard InChI is InChI=1S/C20H27N7O/c1-15-18(16(2)25-24-15)9-11-26(3)20(28)23-19(17-7-5-4-6-8-17)10-12-27-14-21-13-22-27/h4-8,13-14,19H,9-12H2,1-3H3,(H,23,28)(H,24,25). The Morgan fingerprint density at radius 3 is 2.71 bits per heavy atom. The van der Waals surface area contributed by atoms with E-state index in [1.807, 2.05) is 51.2 Å². The predicted octanol–water partition coefficient (Wildman–Crippen LogP) is 2.63. The summed E-state index contributed by atoms with van der Waals surface area (Å²) >= 11 is 0. The van der Waals surface area contributed by atoms with E-state index in [0.29, 0.717) is 13.1 Å². The Bertz CT molecular complexity index is 854. The van der Waals surface area contributed by atoms with E-state index in [4.69, 9.17) is 0 Å². The molecular weight excluding hydrogens is 354 g/mol. The van der Waals surface area contributed by atoms with Crippen molar-refractivity contribution in [2.24, 2.45) is 0 Å². The van der Waals surface area contributed by atoms with Crippen LogP contribution >= 0.6 is 0 Å². The first-order valence-corrected chi connectivity index (χ1v) is 9.44. The number of hydrogen-bond donors (Lipinski definition) is 2. The average molecular weight is 381 g/mol. The summed E-state index contributed by atoms with van der Waals surface area (Å²) in [4.78, 5) is 18.5. The smallest absolute Gasteiger partial charge is 0.317 e. The van der Waals surface area contributed by atoms with Gasteiger partial charge in [-0.05, 0) is 37.8 Å². The fourth-order valence-corrected chi connectivity index (χ4v) is 3.20. The van der Waals surface area contributed by atoms with E-state index in [1.165, 1.54) is 11.9 Å². The summed E-state index contributed by atoms with van der Waals surface area (Å²) in [6.45, 7) is 5.29. The third-order valence-corrected chi connectivity index (χ3v) is 4.94. The van der Waals surface area contributed by atoms with Crippen molar-refractivity contribution in [3.8, 4) is 0 Å². The van der Waals surface area contributed by atoms with Crippen molar-refractivity contribution >= 4 is 6.03 Å². The van der Waals surface area contributed by atoms with E-state index in [9.17, 15) is 4.79 Å². The summed E-state index contributed by atoms with van der Waals surface area (Å²) in [5.41, 5.74) is 4.29. The molecule has 3 aromatic rings. The van der Waals surface area contributed by atoms with E-state index >= 15 is 0 Å². The number of nitrogens with one attached hydrogen (secondary N) is 2. The molecular formula is C20H27N7O. The highest BCUT2D eigenvalue weighted by Crippen LogP contribution is 2.18. The van der Waals surface area contributed by atoms with Crippen molar-refractivity contribution in [1.82, 2.24) is 35.2 Å². The minimum absolute atomic E-state index is 0.0914. The molecule has 8 heteroatoms. The molecule has 8 nitrogen and oxygen atoms in total. The van der Waals surface area contributed by atoms with Crippen LogP contribution in [0.4, 0.5) is 4.79 Å². The number of carbonyl (C=O) groups is 1. The molecule has 0 bridgehead atoms. The molecule has 1 unspecified atom stereocenters. The van der Waals surface area contributed by atoms with Gasteiger partial charge in [0.15, 0.2) is 0 Å². The molecule has 0 saturated carbocycles. The number of aromatic nitrogens is 5. The van der Waals surface area contributed by atoms with Crippen molar-refractivity contribution < 1.29 is 4.79 Å². The Hall–Kier alpha value is -3.16. The second-order valence-electron chi connectivity index (χ2n) is 6.94. The van der Waals surface area contributed by atoms with Crippen molar-refractivity contribution in [3.05, 3.63) is 65.5 Å². The third-order valence-electron chi connectivity index (χ3n) is 4.94. The quantitative estimate of drug-likeness (QED) is 0.627. The van der Waals surface area contributed by atoms with Crippen LogP contribution in [0.5, 0.6) is 0 Å². The van der Waals surface area contributed by atoms with Crippen molar-refractivity contribution in [3.63, 3.8) is 0 Å². The molecule has 0 saturated heterocycles. The summed E-state index contributed by atoms with van der Waals surface area (Å²) in [5.74, 6) is 0. The maximum atomic E-state index is 12.8. The van der Waals surface area contributed by atoms with Crippen LogP contribution in [0.1, 0.15) is 35.0 Å². The number of urea groups is 1. The first-order chi connectivity index (χ1) is 13.5. The normalized spacial score (nSPS) is 12.0. The fourth-order valence-electron chi connectivity index (χ4n) is 3.20. The lowest BCUT2D eigenvalue weighted by Crippen LogP contribution is -2.40. The van der Waals surface area contributed by atoms with Crippen LogP contribution < -0.4 is 5.32 Å². The van der Waals surface area contributed by atoms with E-state index in [0.717, 1.165) is 29.8 Å². The van der Waals surface area contributed by atoms with Gasteiger partial charge < -0.3 is 10.2 Å². The van der Waals surface area contributed by atoms with Gasteiger partial charge in [0.05, 0.1) is 11.7 Å². The first kappa shape index (κ1) is 19.6. The molecule has 0 aliphatic carbocycles. The molecule has 0 radical (unpaired) electrons. The third kappa shape index (κ3) is 4.97. The van der Waals surface area contributed by atoms with Gasteiger partial charge in [-0.2, -0.15) is 10.2 Å². The SMILES string of the molecule is Cc1n[nH]c(C)c1CCN(C)C(=O)NC(CCn1cncn1)c1ccccc1. The maximum Gasteiger partial charge on any atom is 0.317 e. The van der Waals surface area contributed by atoms with Crippen molar-refractivity contribution in [2.45, 2.75) is 39.3 Å². The number of H-pyrrole nitrogens is 1. The number of rotatable bonds is 8. The van der Waals surface area contributed by atoms with Gasteiger partial charge in [-0.25, -0.2) is 9.78 Å². The number of aryl methyl sites for hydroxylation is 3. The van der Waals surface area contributed by atoms with Gasteiger partial charge >= 0.3 is 6.03 Å². The number of likely N-dealkylation sites (N-methyl/N-ethyl adjacent to an activating group) is 1. The zero-order valence-corrected chi connectivity index (χ0v) is 16.6. The van der Waals surface area contributed by atoms with E-state index < -0.39 is 0 Å². The van der Waals surface area contributed by atoms with Crippen LogP contribution in [-0.2, 0) is 13.0 Å². The lowest BCUT2D eigenvalue weighted by Gasteiger charge is -2.24. The van der Waals surface area contributed by atoms with Crippen LogP contribution in [-0.4, -0.2) is 49.5 Å². The minimum atomic E-state index is -0.0993. The lowest BCUT2D eigenvalue weighted by molar-refractivity contribution is 0.203. The van der Waals surface area contributed by atoms with Gasteiger partial charge in [-0.3, -0.25) is 9.78 Å². The molecule has 2 aromatic heterocycles. The van der Waals surface area contributed by atoms with Gasteiger partial charge in [0, 0.05) is 25.8 Å². The zero-order chi connectivity index (χ0) is 19.9. The molecule has 0 aliphatic heterocycles. The molecule has 1 aromatic carbocycles. The average Bonchev–Trinajstić information content (AvgIpc) is 3.34. The number of nitrogens with zero attached hydrogens (tertiary/aromatic N) is 5. The predicted molar refractivity (Wildman–Crippen MR) is 107 cm³/mol. The van der Waals surface area contributed by atoms with Gasteiger partial charge in [-0.15, -0.1) is 0 Å². The topological polar surface area (TPSA) is 91.7 Å². The van der Waals surface area contributed by atoms with E-state index in [-0.39, 0.29) is 12.1 Å². The molecule has 0 fully saturated rings. The van der Waals surface area contributed by atoms with Gasteiger partial charge in [0.1, 0.15) is 12.7 Å². The fraction of sp³-hybridized carbons (Fsp3) is 0.400. The minimum Gasteiger partial charge on any atom is -0.331 e. The zero-order valence-electron chi connectivity index (χ0n) is 16.6. The maximum absolute atomic E-state index is 12.8. The molecule has 2 heterocycles. The highest BCUT2D eigenvalue weighted by atomic mass is 16.2. The van der Waals surface area contributed by atoms with Crippen LogP contribution in [0.3, 0.4) is 0 Å². The summed E-state index contributed by atoms with van der Waals surface area (Å²) in [5, 5.41) is 14.5. The molecule has 2 amide bonds. The summed E-state index contributed by atoms with van der Waals surface area (Å²) < 4.78 is 1.77. The van der Waals surface area contributed by atoms with E-state index in [1.54, 1.807) is 15.9 Å². The molecule has 2 N–H and O–H groups in total. The molecule has 28 heavy (non-hydrogen) atoms. The second kappa shape index (κ2) is 9.16. The molecule has 0 aliphatic rings.